The molecule has 0 bridgehead atoms. The Bertz CT molecular complexity index is 781. The van der Waals surface area contributed by atoms with Gasteiger partial charge in [-0.25, -0.2) is 4.39 Å². The van der Waals surface area contributed by atoms with E-state index in [9.17, 15) is 4.39 Å². The lowest BCUT2D eigenvalue weighted by Gasteiger charge is -2.04. The van der Waals surface area contributed by atoms with Crippen molar-refractivity contribution in [2.24, 2.45) is 0 Å². The number of benzene rings is 1. The normalized spacial score (nSPS) is 10.9. The SMILES string of the molecule is Cc1ccc(-c2onc(N)c2-c2ccc(F)cc2Cl)s1. The Balaban J connectivity index is 2.21. The highest BCUT2D eigenvalue weighted by molar-refractivity contribution is 7.15. The second-order valence-corrected chi connectivity index (χ2v) is 6.00. The molecule has 0 saturated carbocycles. The summed E-state index contributed by atoms with van der Waals surface area (Å²) in [6.07, 6.45) is 0. The Labute approximate surface area is 123 Å². The third kappa shape index (κ3) is 2.19. The van der Waals surface area contributed by atoms with Gasteiger partial charge in [0.25, 0.3) is 0 Å². The van der Waals surface area contributed by atoms with Crippen LogP contribution in [-0.2, 0) is 0 Å². The Morgan fingerprint density at radius 1 is 1.30 bits per heavy atom. The molecule has 3 aromatic rings. The molecule has 0 radical (unpaired) electrons. The first-order chi connectivity index (χ1) is 9.56. The van der Waals surface area contributed by atoms with Crippen molar-refractivity contribution in [2.75, 3.05) is 5.73 Å². The number of halogens is 2. The number of hydrogen-bond acceptors (Lipinski definition) is 4. The molecule has 0 amide bonds. The lowest BCUT2D eigenvalue weighted by atomic mass is 10.0. The fourth-order valence-corrected chi connectivity index (χ4v) is 3.09. The summed E-state index contributed by atoms with van der Waals surface area (Å²) in [6, 6.07) is 8.06. The molecule has 3 rings (SSSR count). The number of aromatic nitrogens is 1. The molecule has 20 heavy (non-hydrogen) atoms. The molecule has 0 aliphatic carbocycles. The molecule has 0 fully saturated rings. The maximum absolute atomic E-state index is 13.2. The first-order valence-electron chi connectivity index (χ1n) is 5.83. The van der Waals surface area contributed by atoms with Gasteiger partial charge in [0.1, 0.15) is 5.82 Å². The minimum Gasteiger partial charge on any atom is -0.380 e. The van der Waals surface area contributed by atoms with E-state index < -0.39 is 5.82 Å². The molecule has 0 saturated heterocycles. The number of hydrogen-bond donors (Lipinski definition) is 1. The van der Waals surface area contributed by atoms with Crippen molar-refractivity contribution in [1.29, 1.82) is 0 Å². The molecule has 102 valence electrons. The van der Waals surface area contributed by atoms with Crippen LogP contribution in [0, 0.1) is 12.7 Å². The molecule has 3 nitrogen and oxygen atoms in total. The van der Waals surface area contributed by atoms with E-state index in [2.05, 4.69) is 5.16 Å². The number of rotatable bonds is 2. The molecule has 2 heterocycles. The monoisotopic (exact) mass is 308 g/mol. The average molecular weight is 309 g/mol. The maximum Gasteiger partial charge on any atom is 0.186 e. The van der Waals surface area contributed by atoms with Crippen molar-refractivity contribution in [3.8, 4) is 21.8 Å². The van der Waals surface area contributed by atoms with Crippen LogP contribution >= 0.6 is 22.9 Å². The second kappa shape index (κ2) is 4.92. The Morgan fingerprint density at radius 2 is 2.10 bits per heavy atom. The fraction of sp³-hybridized carbons (Fsp3) is 0.0714. The molecule has 0 unspecified atom stereocenters. The molecule has 2 N–H and O–H groups in total. The summed E-state index contributed by atoms with van der Waals surface area (Å²) in [4.78, 5) is 2.05. The van der Waals surface area contributed by atoms with Crippen molar-refractivity contribution in [2.45, 2.75) is 6.92 Å². The van der Waals surface area contributed by atoms with E-state index in [-0.39, 0.29) is 10.8 Å². The first-order valence-corrected chi connectivity index (χ1v) is 7.03. The molecule has 1 aromatic carbocycles. The Hall–Kier alpha value is -1.85. The summed E-state index contributed by atoms with van der Waals surface area (Å²) in [5, 5.41) is 4.07. The highest BCUT2D eigenvalue weighted by Crippen LogP contribution is 2.42. The van der Waals surface area contributed by atoms with Gasteiger partial charge in [-0.15, -0.1) is 11.3 Å². The summed E-state index contributed by atoms with van der Waals surface area (Å²) >= 11 is 7.66. The zero-order chi connectivity index (χ0) is 14.3. The van der Waals surface area contributed by atoms with Crippen LogP contribution < -0.4 is 5.73 Å². The molecule has 0 atom stereocenters. The van der Waals surface area contributed by atoms with Gasteiger partial charge in [-0.05, 0) is 37.3 Å². The molecule has 2 aromatic heterocycles. The number of thiophene rings is 1. The first kappa shape index (κ1) is 13.1. The number of aryl methyl sites for hydroxylation is 1. The van der Waals surface area contributed by atoms with E-state index in [1.54, 1.807) is 17.4 Å². The van der Waals surface area contributed by atoms with Crippen molar-refractivity contribution in [1.82, 2.24) is 5.16 Å². The predicted octanol–water partition coefficient (Wildman–Crippen LogP) is 4.75. The number of nitrogen functional groups attached to an aromatic ring is 1. The molecule has 0 aliphatic heterocycles. The van der Waals surface area contributed by atoms with Crippen LogP contribution in [0.1, 0.15) is 4.88 Å². The van der Waals surface area contributed by atoms with Gasteiger partial charge in [-0.1, -0.05) is 16.8 Å². The van der Waals surface area contributed by atoms with Crippen LogP contribution in [0.3, 0.4) is 0 Å². The van der Waals surface area contributed by atoms with Crippen molar-refractivity contribution in [3.63, 3.8) is 0 Å². The van der Waals surface area contributed by atoms with Gasteiger partial charge < -0.3 is 10.3 Å². The van der Waals surface area contributed by atoms with Crippen molar-refractivity contribution >= 4 is 28.8 Å². The lowest BCUT2D eigenvalue weighted by Crippen LogP contribution is -1.89. The molecule has 0 aliphatic rings. The minimum absolute atomic E-state index is 0.236. The molecular formula is C14H10ClFN2OS. The summed E-state index contributed by atoms with van der Waals surface area (Å²) in [6.45, 7) is 2.00. The lowest BCUT2D eigenvalue weighted by molar-refractivity contribution is 0.437. The van der Waals surface area contributed by atoms with Crippen LogP contribution in [0.5, 0.6) is 0 Å². The van der Waals surface area contributed by atoms with E-state index in [0.717, 1.165) is 9.75 Å². The maximum atomic E-state index is 13.2. The summed E-state index contributed by atoms with van der Waals surface area (Å²) < 4.78 is 18.5. The number of nitrogens with zero attached hydrogens (tertiary/aromatic N) is 1. The quantitative estimate of drug-likeness (QED) is 0.743. The summed E-state index contributed by atoms with van der Waals surface area (Å²) in [7, 11) is 0. The fourth-order valence-electron chi connectivity index (χ4n) is 1.98. The molecule has 6 heteroatoms. The standard InChI is InChI=1S/C14H10ClFN2OS/c1-7-2-5-11(20-7)13-12(14(17)18-19-13)9-4-3-8(16)6-10(9)15/h2-6H,1H3,(H2,17,18). The summed E-state index contributed by atoms with van der Waals surface area (Å²) in [5.41, 5.74) is 7.07. The van der Waals surface area contributed by atoms with Crippen LogP contribution in [0.25, 0.3) is 21.8 Å². The Morgan fingerprint density at radius 3 is 2.75 bits per heavy atom. The van der Waals surface area contributed by atoms with E-state index >= 15 is 0 Å². The van der Waals surface area contributed by atoms with Gasteiger partial charge in [-0.2, -0.15) is 0 Å². The van der Waals surface area contributed by atoms with Crippen LogP contribution in [0.2, 0.25) is 5.02 Å². The number of nitrogens with two attached hydrogens (primary N) is 1. The third-order valence-electron chi connectivity index (χ3n) is 2.88. The Kier molecular flexibility index (Phi) is 3.23. The van der Waals surface area contributed by atoms with Gasteiger partial charge in [0, 0.05) is 10.4 Å². The van der Waals surface area contributed by atoms with Gasteiger partial charge >= 0.3 is 0 Å². The van der Waals surface area contributed by atoms with E-state index in [1.165, 1.54) is 12.1 Å². The van der Waals surface area contributed by atoms with Crippen LogP contribution in [-0.4, -0.2) is 5.16 Å². The zero-order valence-electron chi connectivity index (χ0n) is 10.5. The van der Waals surface area contributed by atoms with Gasteiger partial charge in [0.15, 0.2) is 11.6 Å². The van der Waals surface area contributed by atoms with Gasteiger partial charge in [0.05, 0.1) is 15.5 Å². The van der Waals surface area contributed by atoms with Gasteiger partial charge in [0.2, 0.25) is 0 Å². The van der Waals surface area contributed by atoms with Crippen molar-refractivity contribution in [3.05, 3.63) is 46.0 Å². The predicted molar refractivity (Wildman–Crippen MR) is 79.4 cm³/mol. The van der Waals surface area contributed by atoms with E-state index in [4.69, 9.17) is 21.9 Å². The van der Waals surface area contributed by atoms with Crippen molar-refractivity contribution < 1.29 is 8.91 Å². The third-order valence-corrected chi connectivity index (χ3v) is 4.20. The van der Waals surface area contributed by atoms with E-state index in [0.29, 0.717) is 16.9 Å². The minimum atomic E-state index is -0.401. The largest absolute Gasteiger partial charge is 0.380 e. The molecular weight excluding hydrogens is 299 g/mol. The summed E-state index contributed by atoms with van der Waals surface area (Å²) in [5.74, 6) is 0.385. The topological polar surface area (TPSA) is 52.0 Å². The zero-order valence-corrected chi connectivity index (χ0v) is 12.1. The molecule has 0 spiro atoms. The highest BCUT2D eigenvalue weighted by atomic mass is 35.5. The smallest absolute Gasteiger partial charge is 0.186 e. The number of anilines is 1. The van der Waals surface area contributed by atoms with Crippen LogP contribution in [0.4, 0.5) is 10.2 Å². The average Bonchev–Trinajstić information content (AvgIpc) is 2.96. The van der Waals surface area contributed by atoms with Gasteiger partial charge in [-0.3, -0.25) is 0 Å². The highest BCUT2D eigenvalue weighted by Gasteiger charge is 2.21. The van der Waals surface area contributed by atoms with Crippen LogP contribution in [0.15, 0.2) is 34.9 Å². The second-order valence-electron chi connectivity index (χ2n) is 4.31. The van der Waals surface area contributed by atoms with E-state index in [1.807, 2.05) is 19.1 Å².